The van der Waals surface area contributed by atoms with Crippen molar-refractivity contribution in [1.82, 2.24) is 10.2 Å². The normalized spacial score (nSPS) is 13.2. The monoisotopic (exact) mass is 637 g/mol. The van der Waals surface area contributed by atoms with Gasteiger partial charge in [-0.15, -0.1) is 0 Å². The van der Waals surface area contributed by atoms with E-state index in [9.17, 15) is 31.2 Å². The van der Waals surface area contributed by atoms with Crippen LogP contribution < -0.4 is 9.62 Å². The van der Waals surface area contributed by atoms with Gasteiger partial charge in [-0.1, -0.05) is 73.5 Å². The smallest absolute Gasteiger partial charge is 0.352 e. The molecular formula is C31H35ClF3N3O4S. The highest BCUT2D eigenvalue weighted by molar-refractivity contribution is 7.92. The molecule has 0 unspecified atom stereocenters. The number of benzene rings is 3. The van der Waals surface area contributed by atoms with Crippen molar-refractivity contribution in [3.8, 4) is 0 Å². The molecule has 0 saturated heterocycles. The third-order valence-corrected chi connectivity index (χ3v) is 9.09. The number of alkyl halides is 3. The fraction of sp³-hybridized carbons (Fsp3) is 0.355. The summed E-state index contributed by atoms with van der Waals surface area (Å²) in [6.07, 6.45) is -4.02. The molecule has 3 rings (SSSR count). The quantitative estimate of drug-likeness (QED) is 0.243. The van der Waals surface area contributed by atoms with E-state index in [1.807, 2.05) is 32.9 Å². The predicted octanol–water partition coefficient (Wildman–Crippen LogP) is 6.58. The molecule has 7 nitrogen and oxygen atoms in total. The van der Waals surface area contributed by atoms with Gasteiger partial charge in [0.05, 0.1) is 21.2 Å². The minimum atomic E-state index is -4.88. The Morgan fingerprint density at radius 1 is 0.953 bits per heavy atom. The van der Waals surface area contributed by atoms with E-state index in [-0.39, 0.29) is 23.9 Å². The van der Waals surface area contributed by atoms with Crippen LogP contribution in [-0.4, -0.2) is 43.8 Å². The lowest BCUT2D eigenvalue weighted by Crippen LogP contribution is -2.53. The zero-order valence-electron chi connectivity index (χ0n) is 24.4. The van der Waals surface area contributed by atoms with Gasteiger partial charge < -0.3 is 10.2 Å². The molecule has 0 aliphatic carbocycles. The van der Waals surface area contributed by atoms with Crippen molar-refractivity contribution in [2.24, 2.45) is 0 Å². The highest BCUT2D eigenvalue weighted by atomic mass is 35.5. The predicted molar refractivity (Wildman–Crippen MR) is 161 cm³/mol. The molecule has 0 bridgehead atoms. The van der Waals surface area contributed by atoms with Crippen LogP contribution in [0, 0.1) is 6.92 Å². The molecule has 0 saturated carbocycles. The zero-order chi connectivity index (χ0) is 31.9. The number of sulfonamides is 1. The second-order valence-corrected chi connectivity index (χ2v) is 12.5. The zero-order valence-corrected chi connectivity index (χ0v) is 25.9. The van der Waals surface area contributed by atoms with E-state index < -0.39 is 56.9 Å². The lowest BCUT2D eigenvalue weighted by Gasteiger charge is -2.34. The Morgan fingerprint density at radius 2 is 1.63 bits per heavy atom. The molecule has 0 spiro atoms. The molecule has 0 aliphatic rings. The summed E-state index contributed by atoms with van der Waals surface area (Å²) in [5, 5.41) is 2.26. The Labute approximate surface area is 255 Å². The van der Waals surface area contributed by atoms with E-state index >= 15 is 0 Å². The van der Waals surface area contributed by atoms with Crippen molar-refractivity contribution in [1.29, 1.82) is 0 Å². The number of nitrogens with one attached hydrogen (secondary N) is 1. The third-order valence-electron chi connectivity index (χ3n) is 6.98. The lowest BCUT2D eigenvalue weighted by molar-refractivity contribution is -0.140. The third kappa shape index (κ3) is 8.51. The fourth-order valence-electron chi connectivity index (χ4n) is 4.50. The van der Waals surface area contributed by atoms with Crippen molar-refractivity contribution in [3.05, 3.63) is 94.5 Å². The number of aryl methyl sites for hydroxylation is 1. The maximum Gasteiger partial charge on any atom is 0.417 e. The Hall–Kier alpha value is -3.57. The van der Waals surface area contributed by atoms with Gasteiger partial charge in [0.25, 0.3) is 10.0 Å². The summed E-state index contributed by atoms with van der Waals surface area (Å²) in [5.41, 5.74) is -0.0347. The van der Waals surface area contributed by atoms with Gasteiger partial charge in [0, 0.05) is 12.6 Å². The maximum absolute atomic E-state index is 14.1. The summed E-state index contributed by atoms with van der Waals surface area (Å²) < 4.78 is 69.7. The minimum Gasteiger partial charge on any atom is -0.352 e. The first-order valence-corrected chi connectivity index (χ1v) is 15.6. The number of halogens is 4. The van der Waals surface area contributed by atoms with Gasteiger partial charge >= 0.3 is 6.18 Å². The van der Waals surface area contributed by atoms with Crippen LogP contribution in [0.2, 0.25) is 5.02 Å². The molecule has 0 aliphatic heterocycles. The first-order valence-electron chi connectivity index (χ1n) is 13.8. The number of amides is 2. The van der Waals surface area contributed by atoms with Gasteiger partial charge in [0.2, 0.25) is 11.8 Å². The number of hydrogen-bond donors (Lipinski definition) is 1. The Morgan fingerprint density at radius 3 is 2.21 bits per heavy atom. The van der Waals surface area contributed by atoms with Gasteiger partial charge in [-0.2, -0.15) is 13.2 Å². The summed E-state index contributed by atoms with van der Waals surface area (Å²) in [6.45, 7) is 6.43. The minimum absolute atomic E-state index is 0.0272. The average Bonchev–Trinajstić information content (AvgIpc) is 2.95. The maximum atomic E-state index is 14.1. The molecule has 0 aromatic heterocycles. The molecule has 43 heavy (non-hydrogen) atoms. The number of rotatable bonds is 12. The number of nitrogens with zero attached hydrogens (tertiary/aromatic N) is 2. The van der Waals surface area contributed by atoms with Crippen LogP contribution in [0.3, 0.4) is 0 Å². The highest BCUT2D eigenvalue weighted by Gasteiger charge is 2.37. The Kier molecular flexibility index (Phi) is 11.3. The number of carbonyl (C=O) groups excluding carboxylic acids is 2. The molecular weight excluding hydrogens is 603 g/mol. The highest BCUT2D eigenvalue weighted by Crippen LogP contribution is 2.38. The van der Waals surface area contributed by atoms with Crippen LogP contribution in [0.1, 0.15) is 50.3 Å². The average molecular weight is 638 g/mol. The van der Waals surface area contributed by atoms with E-state index in [0.717, 1.165) is 17.7 Å². The van der Waals surface area contributed by atoms with E-state index in [1.165, 1.54) is 29.2 Å². The van der Waals surface area contributed by atoms with Crippen molar-refractivity contribution in [2.45, 2.75) is 70.2 Å². The fourth-order valence-corrected chi connectivity index (χ4v) is 6.15. The largest absolute Gasteiger partial charge is 0.417 e. The summed E-state index contributed by atoms with van der Waals surface area (Å²) >= 11 is 5.82. The second-order valence-electron chi connectivity index (χ2n) is 10.2. The molecule has 3 aromatic rings. The van der Waals surface area contributed by atoms with Crippen molar-refractivity contribution < 1.29 is 31.2 Å². The number of anilines is 1. The van der Waals surface area contributed by atoms with Crippen LogP contribution in [-0.2, 0) is 32.3 Å². The van der Waals surface area contributed by atoms with Crippen LogP contribution in [0.4, 0.5) is 18.9 Å². The van der Waals surface area contributed by atoms with Crippen molar-refractivity contribution in [2.75, 3.05) is 10.8 Å². The molecule has 2 atom stereocenters. The van der Waals surface area contributed by atoms with E-state index in [2.05, 4.69) is 5.32 Å². The van der Waals surface area contributed by atoms with Crippen molar-refractivity contribution >= 4 is 39.1 Å². The van der Waals surface area contributed by atoms with Gasteiger partial charge in [0.15, 0.2) is 0 Å². The van der Waals surface area contributed by atoms with E-state index in [0.29, 0.717) is 22.4 Å². The molecule has 232 valence electrons. The van der Waals surface area contributed by atoms with Gasteiger partial charge in [-0.3, -0.25) is 13.9 Å². The summed E-state index contributed by atoms with van der Waals surface area (Å²) in [7, 11) is -4.54. The molecule has 2 amide bonds. The first-order chi connectivity index (χ1) is 20.2. The lowest BCUT2D eigenvalue weighted by atomic mass is 10.1. The van der Waals surface area contributed by atoms with Crippen LogP contribution >= 0.6 is 11.6 Å². The standard InChI is InChI=1S/C31H35ClF3N3O4S/c1-5-22(4)36-30(40)28(6-2)37(19-23-12-10-11-21(3)17-23)29(39)20-38(43(41,42)25-13-8-7-9-14-25)24-15-16-27(32)26(18-24)31(33,34)35/h7-18,22,28H,5-6,19-20H2,1-4H3,(H,36,40)/t22-,28+/m0/s1. The first kappa shape index (κ1) is 33.9. The second kappa shape index (κ2) is 14.3. The summed E-state index contributed by atoms with van der Waals surface area (Å²) in [6, 6.07) is 15.9. The Balaban J connectivity index is 2.14. The van der Waals surface area contributed by atoms with Crippen LogP contribution in [0.25, 0.3) is 0 Å². The van der Waals surface area contributed by atoms with E-state index in [4.69, 9.17) is 11.6 Å². The molecule has 3 aromatic carbocycles. The molecule has 0 fully saturated rings. The SMILES string of the molecule is CC[C@H](C(=O)N[C@@H](C)CC)N(Cc1cccc(C)c1)C(=O)CN(c1ccc(Cl)c(C(F)(F)F)c1)S(=O)(=O)c1ccccc1. The molecule has 0 heterocycles. The summed E-state index contributed by atoms with van der Waals surface area (Å²) in [5.74, 6) is -1.18. The van der Waals surface area contributed by atoms with Crippen LogP contribution in [0.15, 0.2) is 77.7 Å². The number of carbonyl (C=O) groups is 2. The van der Waals surface area contributed by atoms with Gasteiger partial charge in [-0.05, 0) is 62.6 Å². The molecule has 0 radical (unpaired) electrons. The topological polar surface area (TPSA) is 86.8 Å². The van der Waals surface area contributed by atoms with Crippen LogP contribution in [0.5, 0.6) is 0 Å². The van der Waals surface area contributed by atoms with Gasteiger partial charge in [0.1, 0.15) is 12.6 Å². The van der Waals surface area contributed by atoms with Crippen molar-refractivity contribution in [3.63, 3.8) is 0 Å². The van der Waals surface area contributed by atoms with Gasteiger partial charge in [-0.25, -0.2) is 8.42 Å². The Bertz CT molecular complexity index is 1530. The molecule has 1 N–H and O–H groups in total. The number of hydrogen-bond acceptors (Lipinski definition) is 4. The molecule has 12 heteroatoms. The summed E-state index contributed by atoms with van der Waals surface area (Å²) in [4.78, 5) is 28.5. The van der Waals surface area contributed by atoms with E-state index in [1.54, 1.807) is 25.1 Å².